The summed E-state index contributed by atoms with van der Waals surface area (Å²) in [7, 11) is 0. The number of ether oxygens (including phenoxy) is 1. The second kappa shape index (κ2) is 10.2. The van der Waals surface area contributed by atoms with Crippen LogP contribution in [0.1, 0.15) is 26.3 Å². The maximum Gasteiger partial charge on any atom is 0.387 e. The number of rotatable bonds is 8. The van der Waals surface area contributed by atoms with Gasteiger partial charge in [-0.1, -0.05) is 42.5 Å². The first-order valence-corrected chi connectivity index (χ1v) is 9.30. The van der Waals surface area contributed by atoms with Crippen LogP contribution in [-0.2, 0) is 6.42 Å². The Kier molecular flexibility index (Phi) is 7.10. The average molecular weight is 410 g/mol. The zero-order chi connectivity index (χ0) is 21.3. The van der Waals surface area contributed by atoms with Crippen molar-refractivity contribution in [3.05, 3.63) is 95.6 Å². The predicted octanol–water partition coefficient (Wildman–Crippen LogP) is 4.51. The molecule has 0 heterocycles. The molecule has 0 aromatic heterocycles. The molecule has 3 aromatic carbocycles. The van der Waals surface area contributed by atoms with Gasteiger partial charge in [-0.25, -0.2) is 0 Å². The first kappa shape index (κ1) is 21.0. The number of para-hydroxylation sites is 1. The Morgan fingerprint density at radius 2 is 1.50 bits per heavy atom. The number of halogens is 2. The summed E-state index contributed by atoms with van der Waals surface area (Å²) in [6, 6.07) is 21.7. The molecule has 7 heteroatoms. The second-order valence-corrected chi connectivity index (χ2v) is 6.39. The third-order valence-corrected chi connectivity index (χ3v) is 4.30. The number of anilines is 1. The number of amides is 2. The minimum absolute atomic E-state index is 0.0841. The lowest BCUT2D eigenvalue weighted by Gasteiger charge is -2.12. The van der Waals surface area contributed by atoms with Gasteiger partial charge >= 0.3 is 6.61 Å². The maximum atomic E-state index is 12.6. The quantitative estimate of drug-likeness (QED) is 0.574. The summed E-state index contributed by atoms with van der Waals surface area (Å²) in [4.78, 5) is 25.0. The number of hydrogen-bond donors (Lipinski definition) is 2. The van der Waals surface area contributed by atoms with Crippen LogP contribution in [-0.4, -0.2) is 25.0 Å². The summed E-state index contributed by atoms with van der Waals surface area (Å²) >= 11 is 0. The van der Waals surface area contributed by atoms with Crippen LogP contribution in [0.3, 0.4) is 0 Å². The van der Waals surface area contributed by atoms with Crippen molar-refractivity contribution < 1.29 is 23.1 Å². The Morgan fingerprint density at radius 3 is 2.20 bits per heavy atom. The van der Waals surface area contributed by atoms with Crippen LogP contribution in [0.4, 0.5) is 14.5 Å². The van der Waals surface area contributed by atoms with Gasteiger partial charge in [-0.3, -0.25) is 9.59 Å². The molecular weight excluding hydrogens is 390 g/mol. The number of carbonyl (C=O) groups is 2. The van der Waals surface area contributed by atoms with Gasteiger partial charge in [0.15, 0.2) is 0 Å². The lowest BCUT2D eigenvalue weighted by atomic mass is 10.1. The van der Waals surface area contributed by atoms with E-state index < -0.39 is 6.61 Å². The second-order valence-electron chi connectivity index (χ2n) is 6.39. The zero-order valence-electron chi connectivity index (χ0n) is 16.0. The van der Waals surface area contributed by atoms with Crippen molar-refractivity contribution in [1.29, 1.82) is 0 Å². The highest BCUT2D eigenvalue weighted by molar-refractivity contribution is 6.08. The highest BCUT2D eigenvalue weighted by atomic mass is 19.3. The van der Waals surface area contributed by atoms with Gasteiger partial charge in [-0.15, -0.1) is 0 Å². The molecule has 0 radical (unpaired) electrons. The Hall–Kier alpha value is -3.74. The van der Waals surface area contributed by atoms with Gasteiger partial charge in [0.05, 0.1) is 11.3 Å². The molecule has 0 fully saturated rings. The van der Waals surface area contributed by atoms with E-state index in [2.05, 4.69) is 15.4 Å². The molecule has 0 atom stereocenters. The van der Waals surface area contributed by atoms with E-state index >= 15 is 0 Å². The summed E-state index contributed by atoms with van der Waals surface area (Å²) in [5.41, 5.74) is 2.12. The van der Waals surface area contributed by atoms with Crippen molar-refractivity contribution in [2.75, 3.05) is 11.9 Å². The minimum Gasteiger partial charge on any atom is -0.435 e. The number of nitrogens with one attached hydrogen (secondary N) is 2. The maximum absolute atomic E-state index is 12.6. The van der Waals surface area contributed by atoms with E-state index in [-0.39, 0.29) is 17.6 Å². The molecule has 2 N–H and O–H groups in total. The Morgan fingerprint density at radius 1 is 0.833 bits per heavy atom. The highest BCUT2D eigenvalue weighted by Crippen LogP contribution is 2.17. The van der Waals surface area contributed by atoms with Gasteiger partial charge in [-0.05, 0) is 48.4 Å². The molecule has 0 aliphatic heterocycles. The molecule has 154 valence electrons. The van der Waals surface area contributed by atoms with Crippen LogP contribution in [0.2, 0.25) is 0 Å². The van der Waals surface area contributed by atoms with E-state index in [0.717, 1.165) is 5.56 Å². The summed E-state index contributed by atoms with van der Waals surface area (Å²) in [6.45, 7) is -2.52. The van der Waals surface area contributed by atoms with Gasteiger partial charge in [0.2, 0.25) is 0 Å². The fourth-order valence-corrected chi connectivity index (χ4v) is 2.83. The van der Waals surface area contributed by atoms with Gasteiger partial charge in [-0.2, -0.15) is 8.78 Å². The van der Waals surface area contributed by atoms with E-state index in [9.17, 15) is 18.4 Å². The largest absolute Gasteiger partial charge is 0.435 e. The lowest BCUT2D eigenvalue weighted by molar-refractivity contribution is -0.0498. The topological polar surface area (TPSA) is 67.4 Å². The molecule has 3 rings (SSSR count). The lowest BCUT2D eigenvalue weighted by Crippen LogP contribution is -2.27. The number of carbonyl (C=O) groups excluding carboxylic acids is 2. The van der Waals surface area contributed by atoms with Crippen LogP contribution in [0.15, 0.2) is 78.9 Å². The van der Waals surface area contributed by atoms with E-state index in [1.807, 2.05) is 6.07 Å². The molecule has 2 amide bonds. The smallest absolute Gasteiger partial charge is 0.387 e. The standard InChI is InChI=1S/C23H20F2N2O3/c24-23(25)30-18-12-10-16(11-13-18)14-15-26-22(29)19-8-4-5-9-20(19)27-21(28)17-6-2-1-3-7-17/h1-13,23H,14-15H2,(H,26,29)(H,27,28). The van der Waals surface area contributed by atoms with E-state index in [4.69, 9.17) is 0 Å². The SMILES string of the molecule is O=C(Nc1ccccc1C(=O)NCCc1ccc(OC(F)F)cc1)c1ccccc1. The fourth-order valence-electron chi connectivity index (χ4n) is 2.83. The molecule has 3 aromatic rings. The zero-order valence-corrected chi connectivity index (χ0v) is 16.0. The summed E-state index contributed by atoms with van der Waals surface area (Å²) < 4.78 is 28.7. The van der Waals surface area contributed by atoms with Crippen molar-refractivity contribution >= 4 is 17.5 Å². The van der Waals surface area contributed by atoms with Gasteiger partial charge in [0.25, 0.3) is 11.8 Å². The van der Waals surface area contributed by atoms with E-state index in [1.165, 1.54) is 12.1 Å². The predicted molar refractivity (Wildman–Crippen MR) is 110 cm³/mol. The summed E-state index contributed by atoms with van der Waals surface area (Å²) in [6.07, 6.45) is 0.513. The first-order chi connectivity index (χ1) is 14.5. The Labute approximate surface area is 172 Å². The molecular formula is C23H20F2N2O3. The van der Waals surface area contributed by atoms with Crippen molar-refractivity contribution in [1.82, 2.24) is 5.32 Å². The van der Waals surface area contributed by atoms with Gasteiger partial charge in [0.1, 0.15) is 5.75 Å². The van der Waals surface area contributed by atoms with Crippen LogP contribution in [0.5, 0.6) is 5.75 Å². The molecule has 0 saturated heterocycles. The Balaban J connectivity index is 1.57. The highest BCUT2D eigenvalue weighted by Gasteiger charge is 2.13. The first-order valence-electron chi connectivity index (χ1n) is 9.30. The number of hydrogen-bond acceptors (Lipinski definition) is 3. The molecule has 5 nitrogen and oxygen atoms in total. The summed E-state index contributed by atoms with van der Waals surface area (Å²) in [5, 5.41) is 5.57. The van der Waals surface area contributed by atoms with Gasteiger partial charge in [0, 0.05) is 12.1 Å². The van der Waals surface area contributed by atoms with Crippen LogP contribution >= 0.6 is 0 Å². The van der Waals surface area contributed by atoms with Crippen LogP contribution in [0, 0.1) is 0 Å². The average Bonchev–Trinajstić information content (AvgIpc) is 2.75. The van der Waals surface area contributed by atoms with E-state index in [1.54, 1.807) is 60.7 Å². The van der Waals surface area contributed by atoms with Crippen molar-refractivity contribution in [3.63, 3.8) is 0 Å². The van der Waals surface area contributed by atoms with Crippen LogP contribution < -0.4 is 15.4 Å². The molecule has 0 aliphatic rings. The molecule has 0 spiro atoms. The molecule has 0 unspecified atom stereocenters. The Bertz CT molecular complexity index is 993. The monoisotopic (exact) mass is 410 g/mol. The molecule has 0 saturated carbocycles. The number of alkyl halides is 2. The van der Waals surface area contributed by atoms with Crippen molar-refractivity contribution in [3.8, 4) is 5.75 Å². The molecule has 0 aliphatic carbocycles. The minimum atomic E-state index is -2.86. The van der Waals surface area contributed by atoms with Crippen molar-refractivity contribution in [2.24, 2.45) is 0 Å². The molecule has 0 bridgehead atoms. The van der Waals surface area contributed by atoms with E-state index in [0.29, 0.717) is 29.8 Å². The third-order valence-electron chi connectivity index (χ3n) is 4.30. The van der Waals surface area contributed by atoms with Gasteiger partial charge < -0.3 is 15.4 Å². The fraction of sp³-hybridized carbons (Fsp3) is 0.130. The third kappa shape index (κ3) is 5.88. The summed E-state index contributed by atoms with van der Waals surface area (Å²) in [5.74, 6) is -0.542. The normalized spacial score (nSPS) is 10.5. The molecule has 30 heavy (non-hydrogen) atoms. The van der Waals surface area contributed by atoms with Crippen LogP contribution in [0.25, 0.3) is 0 Å². The van der Waals surface area contributed by atoms with Crippen molar-refractivity contribution in [2.45, 2.75) is 13.0 Å². The number of benzene rings is 3.